The Kier molecular flexibility index (Phi) is 3.64. The smallest absolute Gasteiger partial charge is 0.256 e. The van der Waals surface area contributed by atoms with Gasteiger partial charge in [0.2, 0.25) is 0 Å². The molecule has 0 spiro atoms. The number of likely N-dealkylation sites (tertiary alicyclic amines) is 1. The number of aromatic amines is 1. The van der Waals surface area contributed by atoms with Gasteiger partial charge in [-0.3, -0.25) is 9.69 Å². The molecule has 1 aromatic heterocycles. The van der Waals surface area contributed by atoms with E-state index in [0.717, 1.165) is 36.0 Å². The summed E-state index contributed by atoms with van der Waals surface area (Å²) in [6.45, 7) is 6.30. The molecule has 1 aromatic carbocycles. The number of hydrogen-bond donors (Lipinski definition) is 1. The molecule has 2 bridgehead atoms. The van der Waals surface area contributed by atoms with Crippen LogP contribution in [0.5, 0.6) is 0 Å². The monoisotopic (exact) mass is 311 g/mol. The van der Waals surface area contributed by atoms with E-state index in [1.807, 2.05) is 30.5 Å². The summed E-state index contributed by atoms with van der Waals surface area (Å²) < 4.78 is 0. The second kappa shape index (κ2) is 5.68. The fourth-order valence-corrected chi connectivity index (χ4v) is 4.57. The molecule has 2 fully saturated rings. The SMILES string of the molecule is CC(C)N1C2CCC1CN(C(=O)c1cccc3cc[nH]c13)CC2. The third kappa shape index (κ3) is 2.45. The molecule has 23 heavy (non-hydrogen) atoms. The van der Waals surface area contributed by atoms with Gasteiger partial charge in [0.25, 0.3) is 5.91 Å². The first kappa shape index (κ1) is 14.8. The number of benzene rings is 1. The number of nitrogens with one attached hydrogen (secondary N) is 1. The lowest BCUT2D eigenvalue weighted by atomic mass is 10.1. The number of para-hydroxylation sites is 1. The van der Waals surface area contributed by atoms with Crippen molar-refractivity contribution in [1.82, 2.24) is 14.8 Å². The maximum Gasteiger partial charge on any atom is 0.256 e. The Labute approximate surface area is 137 Å². The molecular formula is C19H25N3O. The van der Waals surface area contributed by atoms with Gasteiger partial charge in [0, 0.05) is 42.8 Å². The average Bonchev–Trinajstić information content (AvgIpc) is 3.10. The Morgan fingerprint density at radius 3 is 2.83 bits per heavy atom. The standard InChI is InChI=1S/C19H25N3O/c1-13(2)22-15-6-7-16(22)12-21(11-9-15)19(23)17-5-3-4-14-8-10-20-18(14)17/h3-5,8,10,13,15-16,20H,6-7,9,11-12H2,1-2H3. The summed E-state index contributed by atoms with van der Waals surface area (Å²) in [6, 6.07) is 9.74. The summed E-state index contributed by atoms with van der Waals surface area (Å²) >= 11 is 0. The highest BCUT2D eigenvalue weighted by Gasteiger charge is 2.39. The van der Waals surface area contributed by atoms with E-state index >= 15 is 0 Å². The van der Waals surface area contributed by atoms with Crippen LogP contribution in [0.2, 0.25) is 0 Å². The van der Waals surface area contributed by atoms with E-state index in [1.54, 1.807) is 0 Å². The molecule has 1 N–H and O–H groups in total. The molecule has 0 saturated carbocycles. The molecule has 4 heteroatoms. The van der Waals surface area contributed by atoms with E-state index < -0.39 is 0 Å². The summed E-state index contributed by atoms with van der Waals surface area (Å²) in [6.07, 6.45) is 5.52. The zero-order valence-corrected chi connectivity index (χ0v) is 14.0. The van der Waals surface area contributed by atoms with Gasteiger partial charge in [-0.25, -0.2) is 0 Å². The predicted octanol–water partition coefficient (Wildman–Crippen LogP) is 3.26. The topological polar surface area (TPSA) is 39.3 Å². The minimum absolute atomic E-state index is 0.175. The normalized spacial score (nSPS) is 25.3. The van der Waals surface area contributed by atoms with Crippen LogP contribution in [0.25, 0.3) is 10.9 Å². The zero-order valence-electron chi connectivity index (χ0n) is 14.0. The molecule has 2 aliphatic rings. The largest absolute Gasteiger partial charge is 0.361 e. The number of amides is 1. The highest BCUT2D eigenvalue weighted by molar-refractivity contribution is 6.05. The maximum atomic E-state index is 13.1. The number of carbonyl (C=O) groups excluding carboxylic acids is 1. The van der Waals surface area contributed by atoms with Gasteiger partial charge >= 0.3 is 0 Å². The first-order chi connectivity index (χ1) is 11.1. The van der Waals surface area contributed by atoms with E-state index in [0.29, 0.717) is 18.1 Å². The van der Waals surface area contributed by atoms with Crippen LogP contribution in [0, 0.1) is 0 Å². The van der Waals surface area contributed by atoms with Crippen molar-refractivity contribution in [2.75, 3.05) is 13.1 Å². The van der Waals surface area contributed by atoms with Crippen LogP contribution in [0.15, 0.2) is 30.5 Å². The molecule has 0 radical (unpaired) electrons. The van der Waals surface area contributed by atoms with Crippen LogP contribution >= 0.6 is 0 Å². The number of hydrogen-bond acceptors (Lipinski definition) is 2. The molecule has 0 aliphatic carbocycles. The highest BCUT2D eigenvalue weighted by Crippen LogP contribution is 2.32. The van der Waals surface area contributed by atoms with Crippen molar-refractivity contribution in [3.8, 4) is 0 Å². The van der Waals surface area contributed by atoms with Crippen molar-refractivity contribution >= 4 is 16.8 Å². The van der Waals surface area contributed by atoms with Crippen LogP contribution in [-0.4, -0.2) is 51.9 Å². The summed E-state index contributed by atoms with van der Waals surface area (Å²) in [7, 11) is 0. The second-order valence-electron chi connectivity index (χ2n) is 7.21. The summed E-state index contributed by atoms with van der Waals surface area (Å²) in [5, 5.41) is 1.11. The van der Waals surface area contributed by atoms with E-state index in [4.69, 9.17) is 0 Å². The summed E-state index contributed by atoms with van der Waals surface area (Å²) in [5.74, 6) is 0.175. The lowest BCUT2D eigenvalue weighted by molar-refractivity contribution is 0.0730. The van der Waals surface area contributed by atoms with E-state index in [-0.39, 0.29) is 5.91 Å². The fraction of sp³-hybridized carbons (Fsp3) is 0.526. The number of fused-ring (bicyclic) bond motifs is 3. The lowest BCUT2D eigenvalue weighted by Crippen LogP contribution is -2.44. The van der Waals surface area contributed by atoms with Crippen molar-refractivity contribution in [2.45, 2.75) is 51.2 Å². The van der Waals surface area contributed by atoms with Gasteiger partial charge in [0.1, 0.15) is 0 Å². The van der Waals surface area contributed by atoms with Gasteiger partial charge in [0.15, 0.2) is 0 Å². The van der Waals surface area contributed by atoms with Crippen LogP contribution in [0.4, 0.5) is 0 Å². The van der Waals surface area contributed by atoms with Crippen LogP contribution < -0.4 is 0 Å². The maximum absolute atomic E-state index is 13.1. The molecular weight excluding hydrogens is 286 g/mol. The van der Waals surface area contributed by atoms with E-state index in [9.17, 15) is 4.79 Å². The number of aromatic nitrogens is 1. The first-order valence-electron chi connectivity index (χ1n) is 8.78. The molecule has 2 aliphatic heterocycles. The van der Waals surface area contributed by atoms with Crippen LogP contribution in [0.1, 0.15) is 43.5 Å². The van der Waals surface area contributed by atoms with Crippen LogP contribution in [0.3, 0.4) is 0 Å². The summed E-state index contributed by atoms with van der Waals surface area (Å²) in [4.78, 5) is 21.1. The Morgan fingerprint density at radius 1 is 1.17 bits per heavy atom. The Morgan fingerprint density at radius 2 is 2.00 bits per heavy atom. The molecule has 2 unspecified atom stereocenters. The highest BCUT2D eigenvalue weighted by atomic mass is 16.2. The molecule has 2 saturated heterocycles. The van der Waals surface area contributed by atoms with Gasteiger partial charge < -0.3 is 9.88 Å². The van der Waals surface area contributed by atoms with Gasteiger partial charge in [-0.15, -0.1) is 0 Å². The number of carbonyl (C=O) groups is 1. The lowest BCUT2D eigenvalue weighted by Gasteiger charge is -2.32. The third-order valence-electron chi connectivity index (χ3n) is 5.54. The van der Waals surface area contributed by atoms with E-state index in [1.165, 1.54) is 12.8 Å². The van der Waals surface area contributed by atoms with Crippen molar-refractivity contribution in [3.63, 3.8) is 0 Å². The zero-order chi connectivity index (χ0) is 16.0. The van der Waals surface area contributed by atoms with Crippen molar-refractivity contribution in [2.24, 2.45) is 0 Å². The van der Waals surface area contributed by atoms with Crippen LogP contribution in [-0.2, 0) is 0 Å². The minimum Gasteiger partial charge on any atom is -0.361 e. The van der Waals surface area contributed by atoms with Gasteiger partial charge in [-0.2, -0.15) is 0 Å². The van der Waals surface area contributed by atoms with Crippen molar-refractivity contribution < 1.29 is 4.79 Å². The fourth-order valence-electron chi connectivity index (χ4n) is 4.57. The predicted molar refractivity (Wildman–Crippen MR) is 92.6 cm³/mol. The average molecular weight is 311 g/mol. The molecule has 4 rings (SSSR count). The van der Waals surface area contributed by atoms with Gasteiger partial charge in [-0.05, 0) is 45.2 Å². The Balaban J connectivity index is 1.61. The number of nitrogens with zero attached hydrogens (tertiary/aromatic N) is 2. The first-order valence-corrected chi connectivity index (χ1v) is 8.78. The molecule has 2 aromatic rings. The molecule has 2 atom stereocenters. The van der Waals surface area contributed by atoms with Crippen molar-refractivity contribution in [3.05, 3.63) is 36.0 Å². The molecule has 3 heterocycles. The molecule has 1 amide bonds. The number of H-pyrrole nitrogens is 1. The Bertz CT molecular complexity index is 720. The summed E-state index contributed by atoms with van der Waals surface area (Å²) in [5.41, 5.74) is 1.77. The Hall–Kier alpha value is -1.81. The molecule has 4 nitrogen and oxygen atoms in total. The second-order valence-corrected chi connectivity index (χ2v) is 7.21. The van der Waals surface area contributed by atoms with Crippen molar-refractivity contribution in [1.29, 1.82) is 0 Å². The molecule has 122 valence electrons. The minimum atomic E-state index is 0.175. The van der Waals surface area contributed by atoms with Gasteiger partial charge in [0.05, 0.1) is 11.1 Å². The van der Waals surface area contributed by atoms with Gasteiger partial charge in [-0.1, -0.05) is 12.1 Å². The van der Waals surface area contributed by atoms with E-state index in [2.05, 4.69) is 28.6 Å². The number of rotatable bonds is 2. The quantitative estimate of drug-likeness (QED) is 0.924. The third-order valence-corrected chi connectivity index (χ3v) is 5.54.